The molecule has 0 aliphatic heterocycles. The van der Waals surface area contributed by atoms with Crippen LogP contribution in [0.15, 0.2) is 47.4 Å². The number of aromatic amines is 1. The second-order valence-electron chi connectivity index (χ2n) is 6.06. The highest BCUT2D eigenvalue weighted by molar-refractivity contribution is 6.08. The van der Waals surface area contributed by atoms with Crippen LogP contribution in [0.2, 0.25) is 0 Å². The fourth-order valence-electron chi connectivity index (χ4n) is 3.24. The summed E-state index contributed by atoms with van der Waals surface area (Å²) in [6, 6.07) is 11.1. The molecule has 1 aliphatic rings. The maximum atomic E-state index is 12.6. The lowest BCUT2D eigenvalue weighted by Crippen LogP contribution is -2.26. The highest BCUT2D eigenvalue weighted by Crippen LogP contribution is 2.22. The van der Waals surface area contributed by atoms with Crippen LogP contribution in [0.4, 0.5) is 5.69 Å². The first kappa shape index (κ1) is 14.6. The number of aromatic nitrogens is 2. The molecule has 1 aliphatic carbocycles. The molecule has 5 heteroatoms. The van der Waals surface area contributed by atoms with Crippen molar-refractivity contribution in [2.75, 3.05) is 5.32 Å². The van der Waals surface area contributed by atoms with Crippen molar-refractivity contribution in [3.63, 3.8) is 0 Å². The summed E-state index contributed by atoms with van der Waals surface area (Å²) in [5.41, 5.74) is 3.18. The van der Waals surface area contributed by atoms with Crippen molar-refractivity contribution in [1.82, 2.24) is 9.97 Å². The molecule has 0 bridgehead atoms. The normalized spacial score (nSPS) is 13.5. The number of aryl methyl sites for hydroxylation is 2. The van der Waals surface area contributed by atoms with Gasteiger partial charge in [0.2, 0.25) is 0 Å². The number of hydrogen-bond acceptors (Lipinski definition) is 3. The van der Waals surface area contributed by atoms with Gasteiger partial charge in [-0.3, -0.25) is 14.6 Å². The Labute approximate surface area is 138 Å². The van der Waals surface area contributed by atoms with Crippen molar-refractivity contribution < 1.29 is 4.79 Å². The number of benzene rings is 1. The Morgan fingerprint density at radius 2 is 1.96 bits per heavy atom. The van der Waals surface area contributed by atoms with Crippen LogP contribution in [-0.2, 0) is 12.8 Å². The molecule has 0 atom stereocenters. The predicted molar refractivity (Wildman–Crippen MR) is 93.4 cm³/mol. The van der Waals surface area contributed by atoms with Gasteiger partial charge < -0.3 is 10.3 Å². The molecule has 2 N–H and O–H groups in total. The molecule has 5 nitrogen and oxygen atoms in total. The van der Waals surface area contributed by atoms with Crippen molar-refractivity contribution in [3.8, 4) is 0 Å². The Bertz CT molecular complexity index is 986. The molecule has 0 fully saturated rings. The number of nitrogens with zero attached hydrogens (tertiary/aromatic N) is 1. The molecule has 0 saturated carbocycles. The van der Waals surface area contributed by atoms with E-state index in [0.29, 0.717) is 11.2 Å². The molecule has 0 spiro atoms. The van der Waals surface area contributed by atoms with Crippen LogP contribution < -0.4 is 10.9 Å². The zero-order valence-electron chi connectivity index (χ0n) is 13.1. The molecule has 3 aromatic rings. The number of anilines is 1. The third-order valence-corrected chi connectivity index (χ3v) is 4.46. The van der Waals surface area contributed by atoms with E-state index in [2.05, 4.69) is 15.3 Å². The molecule has 1 amide bonds. The maximum Gasteiger partial charge on any atom is 0.261 e. The zero-order chi connectivity index (χ0) is 16.5. The van der Waals surface area contributed by atoms with E-state index in [0.717, 1.165) is 42.3 Å². The standard InChI is InChI=1S/C19H17N3O2/c23-18-14(11-13-5-1-2-8-15(13)21-18)19(24)22-16-9-3-6-12-7-4-10-20-17(12)16/h3-4,6-7,9-11H,1-2,5,8H2,(H,21,23)(H,22,24). The predicted octanol–water partition coefficient (Wildman–Crippen LogP) is 3.05. The van der Waals surface area contributed by atoms with Gasteiger partial charge >= 0.3 is 0 Å². The summed E-state index contributed by atoms with van der Waals surface area (Å²) >= 11 is 0. The lowest BCUT2D eigenvalue weighted by atomic mass is 9.95. The van der Waals surface area contributed by atoms with E-state index in [-0.39, 0.29) is 11.1 Å². The van der Waals surface area contributed by atoms with Crippen LogP contribution in [0.1, 0.15) is 34.5 Å². The SMILES string of the molecule is O=C(Nc1cccc2cccnc12)c1cc2c([nH]c1=O)CCCC2. The number of hydrogen-bond donors (Lipinski definition) is 2. The Balaban J connectivity index is 1.70. The highest BCUT2D eigenvalue weighted by atomic mass is 16.2. The van der Waals surface area contributed by atoms with Crippen molar-refractivity contribution in [2.45, 2.75) is 25.7 Å². The molecule has 0 saturated heterocycles. The molecule has 0 radical (unpaired) electrons. The lowest BCUT2D eigenvalue weighted by molar-refractivity contribution is 0.102. The minimum atomic E-state index is -0.400. The largest absolute Gasteiger partial charge is 0.325 e. The zero-order valence-corrected chi connectivity index (χ0v) is 13.1. The van der Waals surface area contributed by atoms with Gasteiger partial charge in [0.1, 0.15) is 5.56 Å². The van der Waals surface area contributed by atoms with Gasteiger partial charge in [-0.15, -0.1) is 0 Å². The maximum absolute atomic E-state index is 12.6. The molecule has 24 heavy (non-hydrogen) atoms. The highest BCUT2D eigenvalue weighted by Gasteiger charge is 2.17. The van der Waals surface area contributed by atoms with Gasteiger partial charge in [-0.05, 0) is 49.4 Å². The van der Waals surface area contributed by atoms with Gasteiger partial charge in [0.25, 0.3) is 11.5 Å². The number of carbonyl (C=O) groups excluding carboxylic acids is 1. The number of carbonyl (C=O) groups is 1. The molecular formula is C19H17N3O2. The topological polar surface area (TPSA) is 74.8 Å². The number of fused-ring (bicyclic) bond motifs is 2. The van der Waals surface area contributed by atoms with Crippen LogP contribution in [0.25, 0.3) is 10.9 Å². The summed E-state index contributed by atoms with van der Waals surface area (Å²) in [5, 5.41) is 3.77. The number of rotatable bonds is 2. The van der Waals surface area contributed by atoms with Crippen molar-refractivity contribution in [1.29, 1.82) is 0 Å². The van der Waals surface area contributed by atoms with E-state index in [9.17, 15) is 9.59 Å². The third kappa shape index (κ3) is 2.58. The molecule has 0 unspecified atom stereocenters. The first-order valence-corrected chi connectivity index (χ1v) is 8.12. The average Bonchev–Trinajstić information content (AvgIpc) is 2.61. The molecule has 4 rings (SSSR count). The van der Waals surface area contributed by atoms with Crippen LogP contribution in [0.5, 0.6) is 0 Å². The van der Waals surface area contributed by atoms with Crippen molar-refractivity contribution >= 4 is 22.5 Å². The van der Waals surface area contributed by atoms with Crippen LogP contribution in [-0.4, -0.2) is 15.9 Å². The van der Waals surface area contributed by atoms with Crippen molar-refractivity contribution in [3.05, 3.63) is 69.8 Å². The smallest absolute Gasteiger partial charge is 0.261 e. The Hall–Kier alpha value is -2.95. The van der Waals surface area contributed by atoms with E-state index in [4.69, 9.17) is 0 Å². The average molecular weight is 319 g/mol. The summed E-state index contributed by atoms with van der Waals surface area (Å²) in [4.78, 5) is 32.0. The van der Waals surface area contributed by atoms with E-state index < -0.39 is 5.91 Å². The van der Waals surface area contributed by atoms with Crippen LogP contribution >= 0.6 is 0 Å². The Morgan fingerprint density at radius 1 is 1.12 bits per heavy atom. The van der Waals surface area contributed by atoms with E-state index in [1.165, 1.54) is 0 Å². The summed E-state index contributed by atoms with van der Waals surface area (Å²) < 4.78 is 0. The molecule has 2 aromatic heterocycles. The monoisotopic (exact) mass is 319 g/mol. The fraction of sp³-hybridized carbons (Fsp3) is 0.211. The van der Waals surface area contributed by atoms with E-state index in [1.807, 2.05) is 24.3 Å². The Morgan fingerprint density at radius 3 is 2.88 bits per heavy atom. The van der Waals surface area contributed by atoms with Gasteiger partial charge in [0.05, 0.1) is 11.2 Å². The quantitative estimate of drug-likeness (QED) is 0.762. The van der Waals surface area contributed by atoms with Gasteiger partial charge in [-0.1, -0.05) is 18.2 Å². The Kier molecular flexibility index (Phi) is 3.61. The number of nitrogens with one attached hydrogen (secondary N) is 2. The molecule has 2 heterocycles. The van der Waals surface area contributed by atoms with Gasteiger partial charge in [0, 0.05) is 17.3 Å². The first-order chi connectivity index (χ1) is 11.7. The summed E-state index contributed by atoms with van der Waals surface area (Å²) in [6.45, 7) is 0. The number of amides is 1. The van der Waals surface area contributed by atoms with E-state index >= 15 is 0 Å². The second kappa shape index (κ2) is 5.92. The number of para-hydroxylation sites is 1. The summed E-state index contributed by atoms with van der Waals surface area (Å²) in [5.74, 6) is -0.400. The third-order valence-electron chi connectivity index (χ3n) is 4.46. The number of pyridine rings is 2. The first-order valence-electron chi connectivity index (χ1n) is 8.12. The summed E-state index contributed by atoms with van der Waals surface area (Å²) in [7, 11) is 0. The minimum Gasteiger partial charge on any atom is -0.325 e. The van der Waals surface area contributed by atoms with Gasteiger partial charge in [-0.2, -0.15) is 0 Å². The summed E-state index contributed by atoms with van der Waals surface area (Å²) in [6.07, 6.45) is 5.63. The fourth-order valence-corrected chi connectivity index (χ4v) is 3.24. The minimum absolute atomic E-state index is 0.156. The second-order valence-corrected chi connectivity index (χ2v) is 6.06. The molecule has 1 aromatic carbocycles. The van der Waals surface area contributed by atoms with Gasteiger partial charge in [0.15, 0.2) is 0 Å². The van der Waals surface area contributed by atoms with Gasteiger partial charge in [-0.25, -0.2) is 0 Å². The van der Waals surface area contributed by atoms with Crippen LogP contribution in [0, 0.1) is 0 Å². The lowest BCUT2D eigenvalue weighted by Gasteiger charge is -2.16. The molecule has 120 valence electrons. The number of H-pyrrole nitrogens is 1. The van der Waals surface area contributed by atoms with Crippen LogP contribution in [0.3, 0.4) is 0 Å². The van der Waals surface area contributed by atoms with Crippen molar-refractivity contribution in [2.24, 2.45) is 0 Å². The van der Waals surface area contributed by atoms with E-state index in [1.54, 1.807) is 18.3 Å². The molecular weight excluding hydrogens is 302 g/mol.